The van der Waals surface area contributed by atoms with Crippen LogP contribution in [0.1, 0.15) is 12.8 Å². The van der Waals surface area contributed by atoms with Gasteiger partial charge < -0.3 is 4.74 Å². The van der Waals surface area contributed by atoms with Crippen molar-refractivity contribution < 1.29 is 4.74 Å². The normalized spacial score (nSPS) is 26.3. The summed E-state index contributed by atoms with van der Waals surface area (Å²) >= 11 is 12.0. The zero-order valence-corrected chi connectivity index (χ0v) is 14.1. The van der Waals surface area contributed by atoms with Crippen molar-refractivity contribution in [3.8, 4) is 17.1 Å². The molecule has 23 heavy (non-hydrogen) atoms. The van der Waals surface area contributed by atoms with Gasteiger partial charge in [0.2, 0.25) is 5.88 Å². The molecular formula is C17H17Cl2N3O. The number of rotatable bonds is 3. The van der Waals surface area contributed by atoms with E-state index in [2.05, 4.69) is 15.1 Å². The molecule has 1 aromatic heterocycles. The zero-order valence-electron chi connectivity index (χ0n) is 12.6. The molecule has 2 aromatic rings. The topological polar surface area (TPSA) is 38.2 Å². The van der Waals surface area contributed by atoms with Crippen molar-refractivity contribution in [1.82, 2.24) is 15.1 Å². The summed E-state index contributed by atoms with van der Waals surface area (Å²) < 4.78 is 6.06. The molecule has 3 fully saturated rings. The molecule has 0 radical (unpaired) electrons. The van der Waals surface area contributed by atoms with Crippen LogP contribution in [0.15, 0.2) is 30.3 Å². The fourth-order valence-electron chi connectivity index (χ4n) is 3.39. The molecule has 4 heterocycles. The third kappa shape index (κ3) is 3.16. The van der Waals surface area contributed by atoms with Crippen LogP contribution in [0.25, 0.3) is 11.3 Å². The lowest BCUT2D eigenvalue weighted by Gasteiger charge is -2.44. The summed E-state index contributed by atoms with van der Waals surface area (Å²) in [5, 5.41) is 9.52. The highest BCUT2D eigenvalue weighted by Crippen LogP contribution is 2.31. The lowest BCUT2D eigenvalue weighted by atomic mass is 9.86. The minimum absolute atomic E-state index is 0.239. The maximum absolute atomic E-state index is 6.06. The second kappa shape index (κ2) is 6.27. The lowest BCUT2D eigenvalue weighted by Crippen LogP contribution is -2.52. The van der Waals surface area contributed by atoms with Crippen LogP contribution in [-0.4, -0.2) is 40.8 Å². The van der Waals surface area contributed by atoms with Crippen molar-refractivity contribution in [2.45, 2.75) is 18.9 Å². The average Bonchev–Trinajstić information content (AvgIpc) is 2.59. The van der Waals surface area contributed by atoms with Crippen molar-refractivity contribution in [3.63, 3.8) is 0 Å². The highest BCUT2D eigenvalue weighted by molar-refractivity contribution is 6.42. The van der Waals surface area contributed by atoms with Gasteiger partial charge in [-0.1, -0.05) is 29.3 Å². The molecule has 3 aliphatic heterocycles. The number of ether oxygens (including phenoxy) is 1. The van der Waals surface area contributed by atoms with Crippen LogP contribution in [0.3, 0.4) is 0 Å². The van der Waals surface area contributed by atoms with Gasteiger partial charge in [0, 0.05) is 18.2 Å². The number of piperidine rings is 3. The zero-order chi connectivity index (χ0) is 15.8. The molecule has 3 aliphatic rings. The highest BCUT2D eigenvalue weighted by atomic mass is 35.5. The number of aromatic nitrogens is 2. The van der Waals surface area contributed by atoms with Crippen molar-refractivity contribution in [3.05, 3.63) is 40.4 Å². The Morgan fingerprint density at radius 1 is 1.00 bits per heavy atom. The van der Waals surface area contributed by atoms with Gasteiger partial charge in [0.15, 0.2) is 0 Å². The average molecular weight is 350 g/mol. The Morgan fingerprint density at radius 2 is 1.83 bits per heavy atom. The van der Waals surface area contributed by atoms with Crippen LogP contribution in [0.2, 0.25) is 10.0 Å². The molecule has 5 rings (SSSR count). The predicted molar refractivity (Wildman–Crippen MR) is 91.1 cm³/mol. The Bertz CT molecular complexity index is 699. The second-order valence-electron chi connectivity index (χ2n) is 6.18. The van der Waals surface area contributed by atoms with Gasteiger partial charge in [-0.3, -0.25) is 4.90 Å². The molecule has 0 amide bonds. The molecule has 1 aromatic carbocycles. The Balaban J connectivity index is 1.48. The van der Waals surface area contributed by atoms with Crippen LogP contribution in [0.5, 0.6) is 5.88 Å². The predicted octanol–water partition coefficient (Wildman–Crippen LogP) is 3.92. The summed E-state index contributed by atoms with van der Waals surface area (Å²) in [6, 6.07) is 9.22. The summed E-state index contributed by atoms with van der Waals surface area (Å²) in [7, 11) is 0. The SMILES string of the molecule is Clc1ccc(-c2ccc(O[C@H]3CN4CCC3CC4)nn2)cc1Cl. The Hall–Kier alpha value is -1.36. The van der Waals surface area contributed by atoms with Crippen LogP contribution in [0.4, 0.5) is 0 Å². The number of benzene rings is 1. The van der Waals surface area contributed by atoms with Gasteiger partial charge in [-0.15, -0.1) is 10.2 Å². The maximum atomic E-state index is 6.06. The van der Waals surface area contributed by atoms with Gasteiger partial charge in [0.25, 0.3) is 0 Å². The number of hydrogen-bond acceptors (Lipinski definition) is 4. The first-order valence-electron chi connectivity index (χ1n) is 7.87. The summed E-state index contributed by atoms with van der Waals surface area (Å²) in [6.07, 6.45) is 2.68. The van der Waals surface area contributed by atoms with Gasteiger partial charge >= 0.3 is 0 Å². The monoisotopic (exact) mass is 349 g/mol. The third-order valence-corrected chi connectivity index (χ3v) is 5.46. The summed E-state index contributed by atoms with van der Waals surface area (Å²) in [5.74, 6) is 1.24. The quantitative estimate of drug-likeness (QED) is 0.841. The van der Waals surface area contributed by atoms with Crippen molar-refractivity contribution in [1.29, 1.82) is 0 Å². The first-order valence-corrected chi connectivity index (χ1v) is 8.63. The Labute approximate surface area is 145 Å². The Kier molecular flexibility index (Phi) is 4.14. The molecule has 0 unspecified atom stereocenters. The fraction of sp³-hybridized carbons (Fsp3) is 0.412. The summed E-state index contributed by atoms with van der Waals surface area (Å²) in [5.41, 5.74) is 1.64. The number of nitrogens with zero attached hydrogens (tertiary/aromatic N) is 3. The number of halogens is 2. The van der Waals surface area contributed by atoms with Gasteiger partial charge in [-0.05, 0) is 50.0 Å². The van der Waals surface area contributed by atoms with E-state index >= 15 is 0 Å². The first kappa shape index (κ1) is 15.2. The summed E-state index contributed by atoms with van der Waals surface area (Å²) in [6.45, 7) is 3.40. The van der Waals surface area contributed by atoms with E-state index in [1.54, 1.807) is 12.1 Å². The molecule has 6 heteroatoms. The highest BCUT2D eigenvalue weighted by Gasteiger charge is 2.35. The lowest BCUT2D eigenvalue weighted by molar-refractivity contribution is -0.0103. The van der Waals surface area contributed by atoms with Crippen molar-refractivity contribution >= 4 is 23.2 Å². The van der Waals surface area contributed by atoms with Gasteiger partial charge in [-0.2, -0.15) is 0 Å². The standard InChI is InChI=1S/C17H17Cl2N3O/c18-13-2-1-12(9-14(13)19)15-3-4-17(21-20-15)23-16-10-22-7-5-11(16)6-8-22/h1-4,9,11,16H,5-8,10H2/t16-/m0/s1. The van der Waals surface area contributed by atoms with E-state index in [4.69, 9.17) is 27.9 Å². The smallest absolute Gasteiger partial charge is 0.233 e. The molecule has 0 N–H and O–H groups in total. The molecule has 3 saturated heterocycles. The molecular weight excluding hydrogens is 333 g/mol. The second-order valence-corrected chi connectivity index (χ2v) is 6.99. The van der Waals surface area contributed by atoms with E-state index in [0.717, 1.165) is 17.8 Å². The summed E-state index contributed by atoms with van der Waals surface area (Å²) in [4.78, 5) is 2.46. The van der Waals surface area contributed by atoms with Crippen molar-refractivity contribution in [2.24, 2.45) is 5.92 Å². The molecule has 2 bridgehead atoms. The molecule has 120 valence electrons. The number of fused-ring (bicyclic) bond motifs is 3. The van der Waals surface area contributed by atoms with E-state index in [-0.39, 0.29) is 6.10 Å². The van der Waals surface area contributed by atoms with Gasteiger partial charge in [0.1, 0.15) is 6.10 Å². The maximum Gasteiger partial charge on any atom is 0.233 e. The number of hydrogen-bond donors (Lipinski definition) is 0. The molecule has 0 aliphatic carbocycles. The van der Waals surface area contributed by atoms with E-state index in [0.29, 0.717) is 21.8 Å². The van der Waals surface area contributed by atoms with E-state index < -0.39 is 0 Å². The molecule has 1 atom stereocenters. The van der Waals surface area contributed by atoms with E-state index in [1.165, 1.54) is 25.9 Å². The van der Waals surface area contributed by atoms with Gasteiger partial charge in [-0.25, -0.2) is 0 Å². The minimum atomic E-state index is 0.239. The first-order chi connectivity index (χ1) is 11.2. The van der Waals surface area contributed by atoms with E-state index in [9.17, 15) is 0 Å². The van der Waals surface area contributed by atoms with Crippen LogP contribution in [0, 0.1) is 5.92 Å². The van der Waals surface area contributed by atoms with Crippen LogP contribution >= 0.6 is 23.2 Å². The molecule has 0 saturated carbocycles. The van der Waals surface area contributed by atoms with Crippen molar-refractivity contribution in [2.75, 3.05) is 19.6 Å². The Morgan fingerprint density at radius 3 is 2.43 bits per heavy atom. The van der Waals surface area contributed by atoms with E-state index in [1.807, 2.05) is 18.2 Å². The van der Waals surface area contributed by atoms with Crippen LogP contribution < -0.4 is 4.74 Å². The third-order valence-electron chi connectivity index (χ3n) is 4.72. The minimum Gasteiger partial charge on any atom is -0.472 e. The fourth-order valence-corrected chi connectivity index (χ4v) is 3.69. The largest absolute Gasteiger partial charge is 0.472 e. The molecule has 4 nitrogen and oxygen atoms in total. The molecule has 0 spiro atoms. The van der Waals surface area contributed by atoms with Gasteiger partial charge in [0.05, 0.1) is 15.7 Å². The van der Waals surface area contributed by atoms with Crippen LogP contribution in [-0.2, 0) is 0 Å².